The molecule has 0 saturated carbocycles. The Morgan fingerprint density at radius 2 is 2.00 bits per heavy atom. The number of carboxylic acids is 1. The van der Waals surface area contributed by atoms with Crippen LogP contribution in [0.5, 0.6) is 5.75 Å². The minimum Gasteiger partial charge on any atom is -0.492 e. The average molecular weight is 280 g/mol. The maximum absolute atomic E-state index is 11.7. The van der Waals surface area contributed by atoms with E-state index in [9.17, 15) is 9.59 Å². The molecule has 0 unspecified atom stereocenters. The quantitative estimate of drug-likeness (QED) is 0.734. The first-order valence-electron chi connectivity index (χ1n) is 6.67. The molecule has 0 aromatic carbocycles. The van der Waals surface area contributed by atoms with Gasteiger partial charge in [0.1, 0.15) is 5.75 Å². The molecule has 0 saturated heterocycles. The number of carboxylic acid groups (broad SMARTS) is 1. The van der Waals surface area contributed by atoms with Gasteiger partial charge in [-0.25, -0.2) is 4.79 Å². The number of aromatic nitrogens is 1. The highest BCUT2D eigenvalue weighted by Crippen LogP contribution is 2.11. The van der Waals surface area contributed by atoms with Crippen LogP contribution in [0.2, 0.25) is 0 Å². The second-order valence-corrected chi connectivity index (χ2v) is 4.23. The third-order valence-electron chi connectivity index (χ3n) is 2.88. The molecule has 0 spiro atoms. The fraction of sp³-hybridized carbons (Fsp3) is 0.500. The van der Waals surface area contributed by atoms with Crippen LogP contribution < -0.4 is 4.74 Å². The first kappa shape index (κ1) is 15.9. The van der Waals surface area contributed by atoms with Crippen molar-refractivity contribution in [2.24, 2.45) is 0 Å². The van der Waals surface area contributed by atoms with Gasteiger partial charge in [-0.2, -0.15) is 0 Å². The summed E-state index contributed by atoms with van der Waals surface area (Å²) in [6.07, 6.45) is 3.73. The van der Waals surface area contributed by atoms with Crippen molar-refractivity contribution in [1.82, 2.24) is 9.88 Å². The number of aromatic carboxylic acids is 1. The van der Waals surface area contributed by atoms with Crippen LogP contribution in [0.1, 0.15) is 37.0 Å². The maximum Gasteiger partial charge on any atom is 0.337 e. The summed E-state index contributed by atoms with van der Waals surface area (Å²) in [6.45, 7) is 5.67. The van der Waals surface area contributed by atoms with Crippen LogP contribution in [0.25, 0.3) is 0 Å². The fourth-order valence-corrected chi connectivity index (χ4v) is 1.76. The van der Waals surface area contributed by atoms with Crippen LogP contribution in [0, 0.1) is 0 Å². The molecule has 1 rings (SSSR count). The molecule has 1 N–H and O–H groups in total. The Bertz CT molecular complexity index is 458. The third-order valence-corrected chi connectivity index (χ3v) is 2.88. The van der Waals surface area contributed by atoms with E-state index in [4.69, 9.17) is 9.84 Å². The second-order valence-electron chi connectivity index (χ2n) is 4.23. The molecule has 0 aliphatic rings. The van der Waals surface area contributed by atoms with E-state index in [1.165, 1.54) is 18.5 Å². The Morgan fingerprint density at radius 3 is 2.60 bits per heavy atom. The van der Waals surface area contributed by atoms with Gasteiger partial charge in [0.2, 0.25) is 5.91 Å². The van der Waals surface area contributed by atoms with E-state index in [2.05, 4.69) is 4.98 Å². The lowest BCUT2D eigenvalue weighted by Crippen LogP contribution is -2.30. The lowest BCUT2D eigenvalue weighted by atomic mass is 10.2. The molecule has 0 bridgehead atoms. The highest BCUT2D eigenvalue weighted by atomic mass is 16.5. The molecule has 1 aromatic rings. The van der Waals surface area contributed by atoms with Gasteiger partial charge < -0.3 is 14.7 Å². The molecule has 1 heterocycles. The molecule has 6 heteroatoms. The SMILES string of the molecule is CCN(CC)C(=O)CCCOc1cncc(C(=O)O)c1. The zero-order chi connectivity index (χ0) is 15.0. The summed E-state index contributed by atoms with van der Waals surface area (Å²) in [5, 5.41) is 8.82. The normalized spacial score (nSPS) is 10.1. The number of amides is 1. The van der Waals surface area contributed by atoms with E-state index in [0.29, 0.717) is 38.3 Å². The van der Waals surface area contributed by atoms with Gasteiger partial charge in [-0.1, -0.05) is 0 Å². The maximum atomic E-state index is 11.7. The molecule has 0 aliphatic carbocycles. The van der Waals surface area contributed by atoms with Crippen LogP contribution >= 0.6 is 0 Å². The Balaban J connectivity index is 2.36. The van der Waals surface area contributed by atoms with Gasteiger partial charge in [0.25, 0.3) is 0 Å². The van der Waals surface area contributed by atoms with Crippen LogP contribution in [0.3, 0.4) is 0 Å². The molecule has 0 fully saturated rings. The Labute approximate surface area is 118 Å². The Hall–Kier alpha value is -2.11. The predicted molar refractivity (Wildman–Crippen MR) is 73.9 cm³/mol. The molecule has 6 nitrogen and oxygen atoms in total. The van der Waals surface area contributed by atoms with Gasteiger partial charge in [0.15, 0.2) is 0 Å². The second kappa shape index (κ2) is 8.14. The lowest BCUT2D eigenvalue weighted by Gasteiger charge is -2.18. The average Bonchev–Trinajstić information content (AvgIpc) is 2.45. The van der Waals surface area contributed by atoms with E-state index >= 15 is 0 Å². The van der Waals surface area contributed by atoms with Crippen molar-refractivity contribution in [1.29, 1.82) is 0 Å². The van der Waals surface area contributed by atoms with E-state index in [-0.39, 0.29) is 11.5 Å². The first-order chi connectivity index (χ1) is 9.58. The third kappa shape index (κ3) is 4.87. The standard InChI is InChI=1S/C14H20N2O4/c1-3-16(4-2)13(17)6-5-7-20-12-8-11(14(18)19)9-15-10-12/h8-10H,3-7H2,1-2H3,(H,18,19). The predicted octanol–water partition coefficient (Wildman–Crippen LogP) is 1.81. The van der Waals surface area contributed by atoms with Crippen LogP contribution in [0.4, 0.5) is 0 Å². The summed E-state index contributed by atoms with van der Waals surface area (Å²) >= 11 is 0. The molecule has 1 aromatic heterocycles. The highest BCUT2D eigenvalue weighted by molar-refractivity contribution is 5.87. The zero-order valence-corrected chi connectivity index (χ0v) is 11.8. The summed E-state index contributed by atoms with van der Waals surface area (Å²) in [4.78, 5) is 28.1. The van der Waals surface area contributed by atoms with Gasteiger partial charge >= 0.3 is 5.97 Å². The smallest absolute Gasteiger partial charge is 0.337 e. The van der Waals surface area contributed by atoms with Crippen molar-refractivity contribution in [3.63, 3.8) is 0 Å². The van der Waals surface area contributed by atoms with Crippen LogP contribution in [-0.4, -0.2) is 46.6 Å². The van der Waals surface area contributed by atoms with Gasteiger partial charge in [0.05, 0.1) is 18.4 Å². The topological polar surface area (TPSA) is 79.7 Å². The minimum absolute atomic E-state index is 0.0849. The molecular formula is C14H20N2O4. The van der Waals surface area contributed by atoms with Crippen molar-refractivity contribution >= 4 is 11.9 Å². The summed E-state index contributed by atoms with van der Waals surface area (Å²) in [7, 11) is 0. The van der Waals surface area contributed by atoms with Crippen molar-refractivity contribution in [2.75, 3.05) is 19.7 Å². The molecule has 110 valence electrons. The minimum atomic E-state index is -1.04. The fourth-order valence-electron chi connectivity index (χ4n) is 1.76. The molecule has 0 atom stereocenters. The van der Waals surface area contributed by atoms with Crippen molar-refractivity contribution in [3.8, 4) is 5.75 Å². The number of carbonyl (C=O) groups excluding carboxylic acids is 1. The molecule has 0 aliphatic heterocycles. The lowest BCUT2D eigenvalue weighted by molar-refractivity contribution is -0.131. The van der Waals surface area contributed by atoms with Crippen molar-refractivity contribution < 1.29 is 19.4 Å². The number of hydrogen-bond acceptors (Lipinski definition) is 4. The van der Waals surface area contributed by atoms with Crippen molar-refractivity contribution in [3.05, 3.63) is 24.0 Å². The highest BCUT2D eigenvalue weighted by Gasteiger charge is 2.09. The van der Waals surface area contributed by atoms with E-state index in [1.807, 2.05) is 13.8 Å². The zero-order valence-electron chi connectivity index (χ0n) is 11.8. The number of hydrogen-bond donors (Lipinski definition) is 1. The largest absolute Gasteiger partial charge is 0.492 e. The van der Waals surface area contributed by atoms with Crippen molar-refractivity contribution in [2.45, 2.75) is 26.7 Å². The molecular weight excluding hydrogens is 260 g/mol. The summed E-state index contributed by atoms with van der Waals surface area (Å²) < 4.78 is 5.40. The first-order valence-corrected chi connectivity index (χ1v) is 6.67. The van der Waals surface area contributed by atoms with Crippen LogP contribution in [0.15, 0.2) is 18.5 Å². The Kier molecular flexibility index (Phi) is 6.49. The number of carbonyl (C=O) groups is 2. The number of ether oxygens (including phenoxy) is 1. The van der Waals surface area contributed by atoms with Gasteiger partial charge in [-0.05, 0) is 26.3 Å². The monoisotopic (exact) mass is 280 g/mol. The molecule has 0 radical (unpaired) electrons. The van der Waals surface area contributed by atoms with Crippen LogP contribution in [-0.2, 0) is 4.79 Å². The Morgan fingerprint density at radius 1 is 1.30 bits per heavy atom. The van der Waals surface area contributed by atoms with E-state index in [0.717, 1.165) is 0 Å². The number of rotatable bonds is 8. The van der Waals surface area contributed by atoms with Gasteiger partial charge in [-0.3, -0.25) is 9.78 Å². The van der Waals surface area contributed by atoms with Gasteiger partial charge in [0, 0.05) is 25.7 Å². The number of pyridine rings is 1. The molecule has 1 amide bonds. The van der Waals surface area contributed by atoms with E-state index in [1.54, 1.807) is 4.90 Å². The summed E-state index contributed by atoms with van der Waals surface area (Å²) in [6, 6.07) is 1.42. The molecule has 20 heavy (non-hydrogen) atoms. The number of nitrogens with zero attached hydrogens (tertiary/aromatic N) is 2. The van der Waals surface area contributed by atoms with Gasteiger partial charge in [-0.15, -0.1) is 0 Å². The van der Waals surface area contributed by atoms with E-state index < -0.39 is 5.97 Å². The summed E-state index contributed by atoms with van der Waals surface area (Å²) in [5.41, 5.74) is 0.0849. The summed E-state index contributed by atoms with van der Waals surface area (Å²) in [5.74, 6) is -0.532.